The number of benzene rings is 2. The van der Waals surface area contributed by atoms with Crippen molar-refractivity contribution in [3.63, 3.8) is 0 Å². The summed E-state index contributed by atoms with van der Waals surface area (Å²) in [6.45, 7) is 0.906. The Balaban J connectivity index is 1.56. The highest BCUT2D eigenvalue weighted by Crippen LogP contribution is 2.27. The minimum Gasteiger partial charge on any atom is -0.447 e. The topological polar surface area (TPSA) is 58.6 Å². The van der Waals surface area contributed by atoms with Gasteiger partial charge in [0.25, 0.3) is 5.91 Å². The van der Waals surface area contributed by atoms with Crippen molar-refractivity contribution in [3.05, 3.63) is 59.5 Å². The highest BCUT2D eigenvalue weighted by Gasteiger charge is 2.23. The third-order valence-electron chi connectivity index (χ3n) is 3.83. The minimum absolute atomic E-state index is 0.155. The summed E-state index contributed by atoms with van der Waals surface area (Å²) in [5.41, 5.74) is 1.36. The van der Waals surface area contributed by atoms with Gasteiger partial charge in [-0.1, -0.05) is 24.3 Å². The molecule has 0 spiro atoms. The second-order valence-electron chi connectivity index (χ2n) is 5.42. The van der Waals surface area contributed by atoms with E-state index in [0.29, 0.717) is 29.4 Å². The molecule has 24 heavy (non-hydrogen) atoms. The average molecular weight is 338 g/mol. The summed E-state index contributed by atoms with van der Waals surface area (Å²) in [5.74, 6) is -0.155. The molecule has 0 aliphatic carbocycles. The Bertz CT molecular complexity index is 902. The first-order valence-corrected chi connectivity index (χ1v) is 8.37. The van der Waals surface area contributed by atoms with Gasteiger partial charge in [-0.2, -0.15) is 0 Å². The fraction of sp³-hybridized carbons (Fsp3) is 0.111. The van der Waals surface area contributed by atoms with Gasteiger partial charge in [0.15, 0.2) is 0 Å². The molecule has 0 unspecified atom stereocenters. The molecule has 1 aliphatic heterocycles. The Morgan fingerprint density at radius 2 is 2.00 bits per heavy atom. The van der Waals surface area contributed by atoms with Gasteiger partial charge in [0.2, 0.25) is 0 Å². The average Bonchev–Trinajstić information content (AvgIpc) is 3.21. The first kappa shape index (κ1) is 14.7. The summed E-state index contributed by atoms with van der Waals surface area (Å²) < 4.78 is 6.02. The molecule has 120 valence electrons. The van der Waals surface area contributed by atoms with Gasteiger partial charge in [-0.15, -0.1) is 11.3 Å². The number of cyclic esters (lactones) is 1. The number of fused-ring (bicyclic) bond motifs is 1. The second-order valence-corrected chi connectivity index (χ2v) is 6.50. The zero-order chi connectivity index (χ0) is 16.5. The number of carbonyl (C=O) groups is 2. The first-order chi connectivity index (χ1) is 11.7. The van der Waals surface area contributed by atoms with E-state index in [-0.39, 0.29) is 12.0 Å². The van der Waals surface area contributed by atoms with Gasteiger partial charge in [0.05, 0.1) is 11.4 Å². The number of thiophene rings is 1. The van der Waals surface area contributed by atoms with Crippen molar-refractivity contribution < 1.29 is 14.3 Å². The largest absolute Gasteiger partial charge is 0.447 e. The molecule has 1 aromatic heterocycles. The molecule has 0 radical (unpaired) electrons. The van der Waals surface area contributed by atoms with Crippen molar-refractivity contribution in [2.24, 2.45) is 0 Å². The number of nitrogens with zero attached hydrogens (tertiary/aromatic N) is 1. The first-order valence-electron chi connectivity index (χ1n) is 7.55. The van der Waals surface area contributed by atoms with E-state index in [2.05, 4.69) is 5.32 Å². The molecule has 6 heteroatoms. The molecule has 1 saturated heterocycles. The highest BCUT2D eigenvalue weighted by atomic mass is 32.1. The maximum absolute atomic E-state index is 12.5. The molecular weight excluding hydrogens is 324 g/mol. The van der Waals surface area contributed by atoms with Crippen molar-refractivity contribution in [2.75, 3.05) is 23.4 Å². The lowest BCUT2D eigenvalue weighted by atomic mass is 10.2. The van der Waals surface area contributed by atoms with Crippen LogP contribution in [0.5, 0.6) is 0 Å². The van der Waals surface area contributed by atoms with E-state index in [4.69, 9.17) is 4.74 Å². The quantitative estimate of drug-likeness (QED) is 0.782. The third kappa shape index (κ3) is 2.72. The Labute approximate surface area is 142 Å². The zero-order valence-electron chi connectivity index (χ0n) is 12.7. The van der Waals surface area contributed by atoms with Crippen molar-refractivity contribution in [2.45, 2.75) is 0 Å². The molecule has 5 nitrogen and oxygen atoms in total. The predicted octanol–water partition coefficient (Wildman–Crippen LogP) is 4.11. The van der Waals surface area contributed by atoms with Crippen LogP contribution in [-0.2, 0) is 4.74 Å². The molecule has 1 N–H and O–H groups in total. The zero-order valence-corrected chi connectivity index (χ0v) is 13.5. The Hall–Kier alpha value is -2.86. The van der Waals surface area contributed by atoms with Gasteiger partial charge in [0, 0.05) is 16.1 Å². The van der Waals surface area contributed by atoms with E-state index < -0.39 is 0 Å². The molecule has 1 fully saturated rings. The number of ether oxygens (including phenoxy) is 1. The summed E-state index contributed by atoms with van der Waals surface area (Å²) in [5, 5.41) is 3.95. The second kappa shape index (κ2) is 5.98. The highest BCUT2D eigenvalue weighted by molar-refractivity contribution is 7.20. The van der Waals surface area contributed by atoms with Crippen LogP contribution in [0.15, 0.2) is 54.6 Å². The fourth-order valence-electron chi connectivity index (χ4n) is 2.67. The van der Waals surface area contributed by atoms with Crippen molar-refractivity contribution in [1.82, 2.24) is 0 Å². The molecule has 2 aromatic carbocycles. The molecule has 0 bridgehead atoms. The molecule has 3 aromatic rings. The summed E-state index contributed by atoms with van der Waals surface area (Å²) in [6, 6.07) is 17.0. The molecule has 1 aliphatic rings. The normalized spacial score (nSPS) is 14.0. The van der Waals surface area contributed by atoms with Gasteiger partial charge < -0.3 is 10.1 Å². The van der Waals surface area contributed by atoms with Crippen LogP contribution >= 0.6 is 11.3 Å². The van der Waals surface area contributed by atoms with E-state index in [9.17, 15) is 9.59 Å². The van der Waals surface area contributed by atoms with E-state index in [1.807, 2.05) is 42.5 Å². The number of rotatable bonds is 3. The lowest BCUT2D eigenvalue weighted by Crippen LogP contribution is -2.23. The molecule has 0 atom stereocenters. The van der Waals surface area contributed by atoms with Crippen LogP contribution < -0.4 is 10.2 Å². The van der Waals surface area contributed by atoms with Crippen LogP contribution in [0.1, 0.15) is 9.67 Å². The Morgan fingerprint density at radius 3 is 2.79 bits per heavy atom. The predicted molar refractivity (Wildman–Crippen MR) is 94.9 cm³/mol. The van der Waals surface area contributed by atoms with E-state index in [1.54, 1.807) is 17.0 Å². The number of hydrogen-bond donors (Lipinski definition) is 1. The Kier molecular flexibility index (Phi) is 3.66. The van der Waals surface area contributed by atoms with Crippen LogP contribution in [-0.4, -0.2) is 25.2 Å². The Morgan fingerprint density at radius 1 is 1.12 bits per heavy atom. The standard InChI is InChI=1S/C18H14N2O3S/c21-17(16-10-12-4-1-2-7-15(12)24-16)19-13-5-3-6-14(11-13)20-8-9-23-18(20)22/h1-7,10-11H,8-9H2,(H,19,21). The number of hydrogen-bond acceptors (Lipinski definition) is 4. The lowest BCUT2D eigenvalue weighted by molar-refractivity contribution is 0.103. The molecular formula is C18H14N2O3S. The van der Waals surface area contributed by atoms with Crippen LogP contribution in [0.2, 0.25) is 0 Å². The number of anilines is 2. The third-order valence-corrected chi connectivity index (χ3v) is 4.94. The monoisotopic (exact) mass is 338 g/mol. The van der Waals surface area contributed by atoms with Crippen LogP contribution in [0.25, 0.3) is 10.1 Å². The van der Waals surface area contributed by atoms with Crippen molar-refractivity contribution >= 4 is 44.8 Å². The molecule has 2 amide bonds. The van der Waals surface area contributed by atoms with Gasteiger partial charge >= 0.3 is 6.09 Å². The van der Waals surface area contributed by atoms with Crippen LogP contribution in [0.4, 0.5) is 16.2 Å². The van der Waals surface area contributed by atoms with Gasteiger partial charge in [-0.3, -0.25) is 9.69 Å². The van der Waals surface area contributed by atoms with Gasteiger partial charge in [-0.25, -0.2) is 4.79 Å². The van der Waals surface area contributed by atoms with E-state index >= 15 is 0 Å². The van der Waals surface area contributed by atoms with E-state index in [1.165, 1.54) is 11.3 Å². The lowest BCUT2D eigenvalue weighted by Gasteiger charge is -2.14. The van der Waals surface area contributed by atoms with E-state index in [0.717, 1.165) is 10.1 Å². The maximum Gasteiger partial charge on any atom is 0.414 e. The van der Waals surface area contributed by atoms with Crippen LogP contribution in [0, 0.1) is 0 Å². The number of nitrogens with one attached hydrogen (secondary N) is 1. The molecule has 2 heterocycles. The molecule has 0 saturated carbocycles. The number of amides is 2. The summed E-state index contributed by atoms with van der Waals surface area (Å²) in [6.07, 6.45) is -0.358. The van der Waals surface area contributed by atoms with Crippen LogP contribution in [0.3, 0.4) is 0 Å². The fourth-order valence-corrected chi connectivity index (χ4v) is 3.62. The maximum atomic E-state index is 12.5. The summed E-state index contributed by atoms with van der Waals surface area (Å²) in [4.78, 5) is 26.3. The minimum atomic E-state index is -0.358. The SMILES string of the molecule is O=C(Nc1cccc(N2CCOC2=O)c1)c1cc2ccccc2s1. The summed E-state index contributed by atoms with van der Waals surface area (Å²) in [7, 11) is 0. The van der Waals surface area contributed by atoms with Gasteiger partial charge in [0.1, 0.15) is 6.61 Å². The smallest absolute Gasteiger partial charge is 0.414 e. The van der Waals surface area contributed by atoms with Crippen molar-refractivity contribution in [3.8, 4) is 0 Å². The van der Waals surface area contributed by atoms with Crippen molar-refractivity contribution in [1.29, 1.82) is 0 Å². The van der Waals surface area contributed by atoms with Gasteiger partial charge in [-0.05, 0) is 35.7 Å². The number of carbonyl (C=O) groups excluding carboxylic acids is 2. The summed E-state index contributed by atoms with van der Waals surface area (Å²) >= 11 is 1.46. The molecule has 4 rings (SSSR count).